The molecule has 0 aliphatic carbocycles. The second-order valence-corrected chi connectivity index (χ2v) is 5.50. The van der Waals surface area contributed by atoms with E-state index in [2.05, 4.69) is 0 Å². The zero-order valence-corrected chi connectivity index (χ0v) is 11.2. The van der Waals surface area contributed by atoms with Gasteiger partial charge in [0.1, 0.15) is 6.17 Å². The monoisotopic (exact) mass is 250 g/mol. The molecule has 1 heterocycles. The van der Waals surface area contributed by atoms with Crippen molar-refractivity contribution in [2.75, 3.05) is 17.2 Å². The number of halogens is 1. The second-order valence-electron chi connectivity index (χ2n) is 5.50. The van der Waals surface area contributed by atoms with Gasteiger partial charge >= 0.3 is 0 Å². The van der Waals surface area contributed by atoms with Crippen LogP contribution in [0.4, 0.5) is 15.8 Å². The first-order valence-corrected chi connectivity index (χ1v) is 6.12. The summed E-state index contributed by atoms with van der Waals surface area (Å²) in [6.45, 7) is 7.19. The molecular weight excluding hydrogens is 231 g/mol. The fourth-order valence-corrected chi connectivity index (χ4v) is 2.71. The van der Waals surface area contributed by atoms with Gasteiger partial charge in [0.25, 0.3) is 0 Å². The summed E-state index contributed by atoms with van der Waals surface area (Å²) in [6.07, 6.45) is -1.05. The Kier molecular flexibility index (Phi) is 2.84. The first-order chi connectivity index (χ1) is 8.26. The lowest BCUT2D eigenvalue weighted by Gasteiger charge is -2.21. The predicted molar refractivity (Wildman–Crippen MR) is 71.5 cm³/mol. The number of carbonyl (C=O) groups excluding carboxylic acids is 1. The molecule has 0 fully saturated rings. The summed E-state index contributed by atoms with van der Waals surface area (Å²) in [4.78, 5) is 13.9. The van der Waals surface area contributed by atoms with E-state index in [0.717, 1.165) is 16.8 Å². The molecule has 0 radical (unpaired) electrons. The second kappa shape index (κ2) is 3.97. The number of carbonyl (C=O) groups is 1. The van der Waals surface area contributed by atoms with Crippen LogP contribution < -0.4 is 10.6 Å². The van der Waals surface area contributed by atoms with Crippen molar-refractivity contribution in [1.82, 2.24) is 0 Å². The number of fused-ring (bicyclic) bond motifs is 1. The van der Waals surface area contributed by atoms with Gasteiger partial charge in [-0.25, -0.2) is 4.39 Å². The van der Waals surface area contributed by atoms with Crippen LogP contribution in [-0.2, 0) is 10.2 Å². The highest BCUT2D eigenvalue weighted by Crippen LogP contribution is 2.44. The van der Waals surface area contributed by atoms with Gasteiger partial charge in [0.15, 0.2) is 0 Å². The highest BCUT2D eigenvalue weighted by molar-refractivity contribution is 6.08. The predicted octanol–water partition coefficient (Wildman–Crippen LogP) is 2.56. The van der Waals surface area contributed by atoms with Gasteiger partial charge < -0.3 is 10.6 Å². The maximum Gasteiger partial charge on any atom is 0.237 e. The number of hydrogen-bond donors (Lipinski definition) is 1. The van der Waals surface area contributed by atoms with Crippen LogP contribution in [0.3, 0.4) is 0 Å². The molecule has 1 aliphatic rings. The zero-order chi connectivity index (χ0) is 13.7. The Morgan fingerprint density at radius 3 is 2.61 bits per heavy atom. The molecule has 0 aromatic heterocycles. The van der Waals surface area contributed by atoms with Crippen molar-refractivity contribution in [1.29, 1.82) is 0 Å². The number of anilines is 2. The average molecular weight is 250 g/mol. The van der Waals surface area contributed by atoms with E-state index in [9.17, 15) is 9.18 Å². The number of rotatable bonds is 2. The standard InChI is InChI=1S/C14H19FN2O/c1-8(15)7-17-11-6-5-10(16)9(2)12(11)14(3,4)13(17)18/h5-6,8H,7,16H2,1-4H3. The Morgan fingerprint density at radius 2 is 2.06 bits per heavy atom. The fourth-order valence-electron chi connectivity index (χ4n) is 2.71. The van der Waals surface area contributed by atoms with Crippen LogP contribution in [0.1, 0.15) is 31.9 Å². The summed E-state index contributed by atoms with van der Waals surface area (Å²) >= 11 is 0. The van der Waals surface area contributed by atoms with Crippen molar-refractivity contribution in [3.63, 3.8) is 0 Å². The lowest BCUT2D eigenvalue weighted by molar-refractivity contribution is -0.122. The molecule has 1 aromatic rings. The molecule has 1 unspecified atom stereocenters. The summed E-state index contributed by atoms with van der Waals surface area (Å²) in [6, 6.07) is 3.59. The largest absolute Gasteiger partial charge is 0.399 e. The van der Waals surface area contributed by atoms with Gasteiger partial charge in [-0.3, -0.25) is 4.79 Å². The molecule has 18 heavy (non-hydrogen) atoms. The maximum absolute atomic E-state index is 13.2. The van der Waals surface area contributed by atoms with Crippen LogP contribution in [-0.4, -0.2) is 18.6 Å². The smallest absolute Gasteiger partial charge is 0.237 e. The molecule has 0 bridgehead atoms. The number of hydrogen-bond acceptors (Lipinski definition) is 2. The van der Waals surface area contributed by atoms with Crippen LogP contribution in [0.5, 0.6) is 0 Å². The lowest BCUT2D eigenvalue weighted by atomic mass is 9.83. The summed E-state index contributed by atoms with van der Waals surface area (Å²) in [5.41, 5.74) is 8.57. The minimum Gasteiger partial charge on any atom is -0.399 e. The average Bonchev–Trinajstić information content (AvgIpc) is 2.45. The lowest BCUT2D eigenvalue weighted by Crippen LogP contribution is -2.39. The van der Waals surface area contributed by atoms with Gasteiger partial charge in [0.05, 0.1) is 12.0 Å². The molecule has 3 nitrogen and oxygen atoms in total. The van der Waals surface area contributed by atoms with E-state index in [4.69, 9.17) is 5.73 Å². The molecule has 0 spiro atoms. The number of nitrogens with zero attached hydrogens (tertiary/aromatic N) is 1. The van der Waals surface area contributed by atoms with Gasteiger partial charge in [-0.15, -0.1) is 0 Å². The topological polar surface area (TPSA) is 46.3 Å². The SMILES string of the molecule is Cc1c(N)ccc2c1C(C)(C)C(=O)N2CC(C)F. The van der Waals surface area contributed by atoms with Gasteiger partial charge in [-0.2, -0.15) is 0 Å². The molecule has 2 rings (SSSR count). The van der Waals surface area contributed by atoms with Gasteiger partial charge in [-0.1, -0.05) is 0 Å². The van der Waals surface area contributed by atoms with Crippen LogP contribution >= 0.6 is 0 Å². The Morgan fingerprint density at radius 1 is 1.44 bits per heavy atom. The molecular formula is C14H19FN2O. The van der Waals surface area contributed by atoms with Crippen molar-refractivity contribution >= 4 is 17.3 Å². The van der Waals surface area contributed by atoms with E-state index >= 15 is 0 Å². The Labute approximate surface area is 107 Å². The van der Waals surface area contributed by atoms with Crippen LogP contribution in [0.2, 0.25) is 0 Å². The molecule has 0 saturated heterocycles. The summed E-state index contributed by atoms with van der Waals surface area (Å²) < 4.78 is 13.2. The molecule has 1 atom stereocenters. The van der Waals surface area contributed by atoms with Gasteiger partial charge in [0, 0.05) is 11.4 Å². The number of amides is 1. The first-order valence-electron chi connectivity index (χ1n) is 6.12. The van der Waals surface area contributed by atoms with E-state index in [1.54, 1.807) is 6.07 Å². The summed E-state index contributed by atoms with van der Waals surface area (Å²) in [5.74, 6) is -0.0595. The molecule has 1 amide bonds. The highest BCUT2D eigenvalue weighted by Gasteiger charge is 2.45. The van der Waals surface area contributed by atoms with Crippen molar-refractivity contribution in [3.8, 4) is 0 Å². The van der Waals surface area contributed by atoms with E-state index in [1.165, 1.54) is 11.8 Å². The quantitative estimate of drug-likeness (QED) is 0.820. The van der Waals surface area contributed by atoms with Crippen molar-refractivity contribution in [3.05, 3.63) is 23.3 Å². The fraction of sp³-hybridized carbons (Fsp3) is 0.500. The molecule has 4 heteroatoms. The normalized spacial score (nSPS) is 18.9. The van der Waals surface area contributed by atoms with Gasteiger partial charge in [-0.05, 0) is 51.0 Å². The van der Waals surface area contributed by atoms with E-state index in [-0.39, 0.29) is 12.5 Å². The van der Waals surface area contributed by atoms with E-state index in [0.29, 0.717) is 5.69 Å². The Balaban J connectivity index is 2.61. The highest BCUT2D eigenvalue weighted by atomic mass is 19.1. The van der Waals surface area contributed by atoms with E-state index in [1.807, 2.05) is 26.8 Å². The third-order valence-electron chi connectivity index (χ3n) is 3.61. The zero-order valence-electron chi connectivity index (χ0n) is 11.2. The molecule has 1 aliphatic heterocycles. The van der Waals surface area contributed by atoms with Crippen molar-refractivity contribution < 1.29 is 9.18 Å². The number of benzene rings is 1. The number of nitrogen functional groups attached to an aromatic ring is 1. The molecule has 1 aromatic carbocycles. The van der Waals surface area contributed by atoms with Crippen molar-refractivity contribution in [2.45, 2.75) is 39.3 Å². The number of alkyl halides is 1. The first kappa shape index (κ1) is 12.9. The minimum absolute atomic E-state index is 0.0595. The summed E-state index contributed by atoms with van der Waals surface area (Å²) in [7, 11) is 0. The third kappa shape index (κ3) is 1.67. The maximum atomic E-state index is 13.2. The van der Waals surface area contributed by atoms with Crippen molar-refractivity contribution in [2.24, 2.45) is 0 Å². The van der Waals surface area contributed by atoms with Crippen LogP contribution in [0.15, 0.2) is 12.1 Å². The third-order valence-corrected chi connectivity index (χ3v) is 3.61. The van der Waals surface area contributed by atoms with Crippen LogP contribution in [0.25, 0.3) is 0 Å². The molecule has 98 valence electrons. The molecule has 2 N–H and O–H groups in total. The van der Waals surface area contributed by atoms with Gasteiger partial charge in [0.2, 0.25) is 5.91 Å². The van der Waals surface area contributed by atoms with Crippen LogP contribution in [0, 0.1) is 6.92 Å². The number of nitrogens with two attached hydrogens (primary N) is 1. The Bertz CT molecular complexity index is 509. The van der Waals surface area contributed by atoms with E-state index < -0.39 is 11.6 Å². The summed E-state index contributed by atoms with van der Waals surface area (Å²) in [5, 5.41) is 0. The molecule has 0 saturated carbocycles. The minimum atomic E-state index is -1.05. The Hall–Kier alpha value is -1.58.